The van der Waals surface area contributed by atoms with Crippen molar-refractivity contribution in [2.24, 2.45) is 0 Å². The number of hydrogen-bond donors (Lipinski definition) is 0. The molecule has 1 aromatic heterocycles. The van der Waals surface area contributed by atoms with E-state index < -0.39 is 0 Å². The van der Waals surface area contributed by atoms with Crippen molar-refractivity contribution in [2.75, 3.05) is 13.1 Å². The maximum absolute atomic E-state index is 13.9. The summed E-state index contributed by atoms with van der Waals surface area (Å²) in [5, 5.41) is 0.853. The van der Waals surface area contributed by atoms with E-state index in [0.717, 1.165) is 42.7 Å². The standard InChI is InChI=1S/C15H16ClFN2/c1-2-19-7-6-14-12(9-19)11(8-16)10-4-3-5-13(17)15(10)18-14/h3-5H,2,6-9H2,1H3. The topological polar surface area (TPSA) is 16.1 Å². The first-order chi connectivity index (χ1) is 9.24. The molecule has 0 N–H and O–H groups in total. The first-order valence-electron chi connectivity index (χ1n) is 6.61. The van der Waals surface area contributed by atoms with E-state index in [1.165, 1.54) is 11.6 Å². The summed E-state index contributed by atoms with van der Waals surface area (Å²) in [5.41, 5.74) is 3.71. The monoisotopic (exact) mass is 278 g/mol. The van der Waals surface area contributed by atoms with Gasteiger partial charge in [-0.1, -0.05) is 19.1 Å². The van der Waals surface area contributed by atoms with E-state index in [0.29, 0.717) is 11.4 Å². The minimum Gasteiger partial charge on any atom is -0.299 e. The fourth-order valence-corrected chi connectivity index (χ4v) is 3.10. The molecule has 2 aromatic rings. The number of nitrogens with zero attached hydrogens (tertiary/aromatic N) is 2. The van der Waals surface area contributed by atoms with Crippen LogP contribution < -0.4 is 0 Å². The fraction of sp³-hybridized carbons (Fsp3) is 0.400. The van der Waals surface area contributed by atoms with Crippen LogP contribution >= 0.6 is 11.6 Å². The average molecular weight is 279 g/mol. The molecule has 0 fully saturated rings. The van der Waals surface area contributed by atoms with Gasteiger partial charge in [-0.15, -0.1) is 11.6 Å². The summed E-state index contributed by atoms with van der Waals surface area (Å²) >= 11 is 6.12. The smallest absolute Gasteiger partial charge is 0.149 e. The summed E-state index contributed by atoms with van der Waals surface area (Å²) in [6.07, 6.45) is 0.872. The van der Waals surface area contributed by atoms with Crippen LogP contribution in [0.3, 0.4) is 0 Å². The van der Waals surface area contributed by atoms with Gasteiger partial charge in [0.2, 0.25) is 0 Å². The zero-order valence-corrected chi connectivity index (χ0v) is 11.7. The number of benzene rings is 1. The average Bonchev–Trinajstić information content (AvgIpc) is 2.45. The van der Waals surface area contributed by atoms with E-state index in [4.69, 9.17) is 11.6 Å². The normalized spacial score (nSPS) is 15.7. The summed E-state index contributed by atoms with van der Waals surface area (Å²) in [6, 6.07) is 5.09. The van der Waals surface area contributed by atoms with Crippen molar-refractivity contribution in [3.05, 3.63) is 40.8 Å². The molecule has 0 radical (unpaired) electrons. The molecule has 2 nitrogen and oxygen atoms in total. The van der Waals surface area contributed by atoms with Gasteiger partial charge in [0.1, 0.15) is 11.3 Å². The zero-order valence-electron chi connectivity index (χ0n) is 10.9. The second-order valence-electron chi connectivity index (χ2n) is 4.90. The van der Waals surface area contributed by atoms with E-state index >= 15 is 0 Å². The van der Waals surface area contributed by atoms with E-state index in [-0.39, 0.29) is 5.82 Å². The van der Waals surface area contributed by atoms with Crippen LogP contribution in [-0.4, -0.2) is 23.0 Å². The van der Waals surface area contributed by atoms with E-state index in [9.17, 15) is 4.39 Å². The third kappa shape index (κ3) is 2.11. The van der Waals surface area contributed by atoms with Crippen LogP contribution in [0.25, 0.3) is 10.9 Å². The molecule has 4 heteroatoms. The molecule has 100 valence electrons. The molecule has 2 heterocycles. The number of pyridine rings is 1. The second kappa shape index (κ2) is 5.06. The van der Waals surface area contributed by atoms with Crippen molar-refractivity contribution in [1.29, 1.82) is 0 Å². The first kappa shape index (κ1) is 12.8. The number of halogens is 2. The maximum atomic E-state index is 13.9. The molecule has 1 aliphatic rings. The Kier molecular flexibility index (Phi) is 3.42. The number of aromatic nitrogens is 1. The third-order valence-electron chi connectivity index (χ3n) is 3.90. The number of fused-ring (bicyclic) bond motifs is 2. The van der Waals surface area contributed by atoms with Crippen molar-refractivity contribution in [2.45, 2.75) is 25.8 Å². The summed E-state index contributed by atoms with van der Waals surface area (Å²) in [4.78, 5) is 6.90. The van der Waals surface area contributed by atoms with Gasteiger partial charge in [-0.2, -0.15) is 0 Å². The number of hydrogen-bond acceptors (Lipinski definition) is 2. The predicted molar refractivity (Wildman–Crippen MR) is 75.9 cm³/mol. The van der Waals surface area contributed by atoms with Gasteiger partial charge in [-0.3, -0.25) is 4.90 Å². The summed E-state index contributed by atoms with van der Waals surface area (Å²) < 4.78 is 13.9. The van der Waals surface area contributed by atoms with Gasteiger partial charge in [-0.25, -0.2) is 9.37 Å². The highest BCUT2D eigenvalue weighted by atomic mass is 35.5. The number of rotatable bonds is 2. The second-order valence-corrected chi connectivity index (χ2v) is 5.17. The van der Waals surface area contributed by atoms with Crippen LogP contribution in [0, 0.1) is 5.82 Å². The molecule has 0 unspecified atom stereocenters. The lowest BCUT2D eigenvalue weighted by Crippen LogP contribution is -2.31. The van der Waals surface area contributed by atoms with Crippen molar-refractivity contribution in [3.63, 3.8) is 0 Å². The Balaban J connectivity index is 2.26. The Bertz CT molecular complexity index is 627. The van der Waals surface area contributed by atoms with Gasteiger partial charge in [0.15, 0.2) is 0 Å². The van der Waals surface area contributed by atoms with Crippen LogP contribution in [-0.2, 0) is 18.8 Å². The Morgan fingerprint density at radius 1 is 1.42 bits per heavy atom. The first-order valence-corrected chi connectivity index (χ1v) is 7.15. The van der Waals surface area contributed by atoms with E-state index in [1.54, 1.807) is 6.07 Å². The van der Waals surface area contributed by atoms with Gasteiger partial charge in [-0.05, 0) is 23.7 Å². The van der Waals surface area contributed by atoms with Gasteiger partial charge in [0.25, 0.3) is 0 Å². The molecule has 0 saturated heterocycles. The number of alkyl halides is 1. The highest BCUT2D eigenvalue weighted by Crippen LogP contribution is 2.30. The number of likely N-dealkylation sites (N-methyl/N-ethyl adjacent to an activating group) is 1. The van der Waals surface area contributed by atoms with Crippen LogP contribution in [0.5, 0.6) is 0 Å². The minimum absolute atomic E-state index is 0.260. The lowest BCUT2D eigenvalue weighted by Gasteiger charge is -2.29. The van der Waals surface area contributed by atoms with Crippen molar-refractivity contribution in [3.8, 4) is 0 Å². The van der Waals surface area contributed by atoms with E-state index in [1.807, 2.05) is 6.07 Å². The fourth-order valence-electron chi connectivity index (χ4n) is 2.79. The third-order valence-corrected chi connectivity index (χ3v) is 4.17. The Labute approximate surface area is 117 Å². The van der Waals surface area contributed by atoms with Gasteiger partial charge in [0, 0.05) is 36.5 Å². The summed E-state index contributed by atoms with van der Waals surface area (Å²) in [6.45, 7) is 5.02. The Morgan fingerprint density at radius 2 is 2.26 bits per heavy atom. The molecule has 0 aliphatic carbocycles. The molecule has 0 amide bonds. The molecule has 19 heavy (non-hydrogen) atoms. The molecule has 3 rings (SSSR count). The minimum atomic E-state index is -0.260. The van der Waals surface area contributed by atoms with Crippen LogP contribution in [0.1, 0.15) is 23.7 Å². The number of para-hydroxylation sites is 1. The van der Waals surface area contributed by atoms with Crippen LogP contribution in [0.2, 0.25) is 0 Å². The molecule has 0 atom stereocenters. The SMILES string of the molecule is CCN1CCc2nc3c(F)cccc3c(CCl)c2C1. The largest absolute Gasteiger partial charge is 0.299 e. The highest BCUT2D eigenvalue weighted by molar-refractivity contribution is 6.18. The lowest BCUT2D eigenvalue weighted by molar-refractivity contribution is 0.265. The molecule has 0 saturated carbocycles. The molecule has 1 aromatic carbocycles. The van der Waals surface area contributed by atoms with Gasteiger partial charge < -0.3 is 0 Å². The quantitative estimate of drug-likeness (QED) is 0.782. The molecule has 0 spiro atoms. The van der Waals surface area contributed by atoms with Crippen molar-refractivity contribution < 1.29 is 4.39 Å². The van der Waals surface area contributed by atoms with Crippen molar-refractivity contribution in [1.82, 2.24) is 9.88 Å². The zero-order chi connectivity index (χ0) is 13.4. The van der Waals surface area contributed by atoms with Crippen molar-refractivity contribution >= 4 is 22.5 Å². The Morgan fingerprint density at radius 3 is 3.00 bits per heavy atom. The summed E-state index contributed by atoms with van der Waals surface area (Å²) in [7, 11) is 0. The molecular formula is C15H16ClFN2. The highest BCUT2D eigenvalue weighted by Gasteiger charge is 2.22. The van der Waals surface area contributed by atoms with Gasteiger partial charge in [0.05, 0.1) is 0 Å². The van der Waals surface area contributed by atoms with E-state index in [2.05, 4.69) is 16.8 Å². The maximum Gasteiger partial charge on any atom is 0.149 e. The molecule has 1 aliphatic heterocycles. The van der Waals surface area contributed by atoms with Crippen LogP contribution in [0.4, 0.5) is 4.39 Å². The van der Waals surface area contributed by atoms with Crippen LogP contribution in [0.15, 0.2) is 18.2 Å². The predicted octanol–water partition coefficient (Wildman–Crippen LogP) is 3.49. The van der Waals surface area contributed by atoms with Gasteiger partial charge >= 0.3 is 0 Å². The Hall–Kier alpha value is -1.19. The molecular weight excluding hydrogens is 263 g/mol. The lowest BCUT2D eigenvalue weighted by atomic mass is 9.96. The molecule has 0 bridgehead atoms. The summed E-state index contributed by atoms with van der Waals surface area (Å²) in [5.74, 6) is 0.145.